The Labute approximate surface area is 181 Å². The zero-order valence-electron chi connectivity index (χ0n) is 17.3. The quantitative estimate of drug-likeness (QED) is 0.597. The number of carbonyl (C=O) groups is 2. The van der Waals surface area contributed by atoms with Crippen LogP contribution in [0.1, 0.15) is 16.8 Å². The van der Waals surface area contributed by atoms with Gasteiger partial charge in [-0.1, -0.05) is 36.4 Å². The molecule has 1 aromatic heterocycles. The molecular weight excluding hydrogens is 392 g/mol. The number of piperazine rings is 1. The van der Waals surface area contributed by atoms with Crippen molar-refractivity contribution in [3.8, 4) is 5.69 Å². The lowest BCUT2D eigenvalue weighted by Gasteiger charge is -2.36. The molecule has 0 aliphatic carbocycles. The van der Waals surface area contributed by atoms with Crippen molar-refractivity contribution in [3.63, 3.8) is 0 Å². The molecule has 0 unspecified atom stereocenters. The first-order chi connectivity index (χ1) is 15.2. The Hall–Kier alpha value is -3.65. The summed E-state index contributed by atoms with van der Waals surface area (Å²) >= 11 is 0. The fourth-order valence-corrected chi connectivity index (χ4v) is 3.55. The first-order valence-electron chi connectivity index (χ1n) is 10.4. The molecule has 2 heterocycles. The van der Waals surface area contributed by atoms with Crippen LogP contribution in [-0.4, -0.2) is 59.2 Å². The monoisotopic (exact) mass is 418 g/mol. The average Bonchev–Trinajstić information content (AvgIpc) is 3.33. The van der Waals surface area contributed by atoms with Crippen LogP contribution in [0.5, 0.6) is 0 Å². The van der Waals surface area contributed by atoms with E-state index in [0.717, 1.165) is 31.9 Å². The minimum atomic E-state index is -0.396. The smallest absolute Gasteiger partial charge is 0.272 e. The van der Waals surface area contributed by atoms with Crippen molar-refractivity contribution in [3.05, 3.63) is 78.6 Å². The largest absolute Gasteiger partial charge is 0.369 e. The molecule has 0 bridgehead atoms. The number of nitrogens with zero attached hydrogens (tertiary/aromatic N) is 4. The van der Waals surface area contributed by atoms with Crippen molar-refractivity contribution >= 4 is 17.5 Å². The molecule has 8 heteroatoms. The molecule has 1 fully saturated rings. The summed E-state index contributed by atoms with van der Waals surface area (Å²) in [5, 5.41) is 4.19. The van der Waals surface area contributed by atoms with Crippen LogP contribution in [0.2, 0.25) is 0 Å². The number of anilines is 1. The van der Waals surface area contributed by atoms with E-state index >= 15 is 0 Å². The Kier molecular flexibility index (Phi) is 6.59. The van der Waals surface area contributed by atoms with Crippen LogP contribution in [0.3, 0.4) is 0 Å². The van der Waals surface area contributed by atoms with E-state index in [-0.39, 0.29) is 5.91 Å². The van der Waals surface area contributed by atoms with E-state index in [2.05, 4.69) is 37.9 Å². The number of hydrazine groups is 1. The number of rotatable bonds is 6. The molecule has 1 aliphatic rings. The average molecular weight is 419 g/mol. The van der Waals surface area contributed by atoms with Crippen molar-refractivity contribution in [2.24, 2.45) is 0 Å². The summed E-state index contributed by atoms with van der Waals surface area (Å²) in [6, 6.07) is 19.9. The van der Waals surface area contributed by atoms with Crippen molar-refractivity contribution < 1.29 is 9.59 Å². The van der Waals surface area contributed by atoms with Gasteiger partial charge in [-0.3, -0.25) is 25.3 Å². The van der Waals surface area contributed by atoms with Gasteiger partial charge in [-0.2, -0.15) is 5.10 Å². The van der Waals surface area contributed by atoms with Crippen LogP contribution >= 0.6 is 0 Å². The number of hydrogen-bond donors (Lipinski definition) is 2. The van der Waals surface area contributed by atoms with Crippen LogP contribution in [0.15, 0.2) is 73.1 Å². The van der Waals surface area contributed by atoms with Crippen LogP contribution < -0.4 is 15.8 Å². The molecule has 3 aromatic rings. The molecule has 0 radical (unpaired) electrons. The highest BCUT2D eigenvalue weighted by Crippen LogP contribution is 2.15. The third-order valence-electron chi connectivity index (χ3n) is 5.33. The molecule has 0 spiro atoms. The Morgan fingerprint density at radius 2 is 1.48 bits per heavy atom. The van der Waals surface area contributed by atoms with Gasteiger partial charge in [-0.05, 0) is 24.3 Å². The summed E-state index contributed by atoms with van der Waals surface area (Å²) in [7, 11) is 0. The van der Waals surface area contributed by atoms with E-state index in [0.29, 0.717) is 18.5 Å². The zero-order chi connectivity index (χ0) is 21.5. The first kappa shape index (κ1) is 20.6. The zero-order valence-corrected chi connectivity index (χ0v) is 17.3. The SMILES string of the molecule is O=C(CCN1CCN(c2ccccc2)CC1)NNC(=O)c1cnn(-c2ccccc2)c1. The van der Waals surface area contributed by atoms with Gasteiger partial charge in [0.1, 0.15) is 0 Å². The molecular formula is C23H26N6O2. The Morgan fingerprint density at radius 3 is 2.16 bits per heavy atom. The molecule has 8 nitrogen and oxygen atoms in total. The van der Waals surface area contributed by atoms with Crippen LogP contribution in [0, 0.1) is 0 Å². The van der Waals surface area contributed by atoms with E-state index in [1.165, 1.54) is 11.9 Å². The summed E-state index contributed by atoms with van der Waals surface area (Å²) < 4.78 is 1.62. The van der Waals surface area contributed by atoms with E-state index in [4.69, 9.17) is 0 Å². The molecule has 0 saturated carbocycles. The Morgan fingerprint density at radius 1 is 0.839 bits per heavy atom. The van der Waals surface area contributed by atoms with Gasteiger partial charge in [0.15, 0.2) is 0 Å². The lowest BCUT2D eigenvalue weighted by Crippen LogP contribution is -2.48. The highest BCUT2D eigenvalue weighted by Gasteiger charge is 2.18. The molecule has 2 N–H and O–H groups in total. The van der Waals surface area contributed by atoms with E-state index in [1.54, 1.807) is 10.9 Å². The van der Waals surface area contributed by atoms with E-state index < -0.39 is 5.91 Å². The summed E-state index contributed by atoms with van der Waals surface area (Å²) in [5.41, 5.74) is 7.42. The standard InChI is InChI=1S/C23H26N6O2/c30-22(11-12-27-13-15-28(16-14-27)20-7-3-1-4-8-20)25-26-23(31)19-17-24-29(18-19)21-9-5-2-6-10-21/h1-10,17-18H,11-16H2,(H,25,30)(H,26,31). The van der Waals surface area contributed by atoms with Gasteiger partial charge >= 0.3 is 0 Å². The molecule has 2 aromatic carbocycles. The predicted octanol–water partition coefficient (Wildman–Crippen LogP) is 1.85. The van der Waals surface area contributed by atoms with Crippen molar-refractivity contribution in [2.45, 2.75) is 6.42 Å². The van der Waals surface area contributed by atoms with Crippen LogP contribution in [-0.2, 0) is 4.79 Å². The van der Waals surface area contributed by atoms with Crippen LogP contribution in [0.25, 0.3) is 5.69 Å². The van der Waals surface area contributed by atoms with E-state index in [1.807, 2.05) is 48.5 Å². The maximum Gasteiger partial charge on any atom is 0.272 e. The summed E-state index contributed by atoms with van der Waals surface area (Å²) in [5.74, 6) is -0.610. The van der Waals surface area contributed by atoms with Gasteiger partial charge in [0, 0.05) is 51.0 Å². The number of hydrogen-bond acceptors (Lipinski definition) is 5. The second kappa shape index (κ2) is 9.90. The van der Waals surface area contributed by atoms with Gasteiger partial charge in [-0.25, -0.2) is 4.68 Å². The maximum absolute atomic E-state index is 12.3. The molecule has 2 amide bonds. The second-order valence-electron chi connectivity index (χ2n) is 7.43. The number of carbonyl (C=O) groups excluding carboxylic acids is 2. The second-order valence-corrected chi connectivity index (χ2v) is 7.43. The Bertz CT molecular complexity index is 997. The lowest BCUT2D eigenvalue weighted by atomic mass is 10.2. The normalized spacial score (nSPS) is 14.3. The minimum Gasteiger partial charge on any atom is -0.369 e. The predicted molar refractivity (Wildman–Crippen MR) is 119 cm³/mol. The maximum atomic E-state index is 12.3. The molecule has 4 rings (SSSR count). The molecule has 31 heavy (non-hydrogen) atoms. The van der Waals surface area contributed by atoms with Gasteiger partial charge in [0.2, 0.25) is 5.91 Å². The Balaban J connectivity index is 1.17. The number of aromatic nitrogens is 2. The highest BCUT2D eigenvalue weighted by atomic mass is 16.2. The third-order valence-corrected chi connectivity index (χ3v) is 5.33. The number of benzene rings is 2. The summed E-state index contributed by atoms with van der Waals surface area (Å²) in [6.07, 6.45) is 3.43. The minimum absolute atomic E-state index is 0.214. The molecule has 0 atom stereocenters. The van der Waals surface area contributed by atoms with Gasteiger partial charge < -0.3 is 4.90 Å². The van der Waals surface area contributed by atoms with Gasteiger partial charge in [0.05, 0.1) is 17.4 Å². The number of nitrogens with one attached hydrogen (secondary N) is 2. The van der Waals surface area contributed by atoms with Crippen molar-refractivity contribution in [1.82, 2.24) is 25.5 Å². The first-order valence-corrected chi connectivity index (χ1v) is 10.4. The fraction of sp³-hybridized carbons (Fsp3) is 0.261. The lowest BCUT2D eigenvalue weighted by molar-refractivity contribution is -0.122. The molecule has 1 saturated heterocycles. The fourth-order valence-electron chi connectivity index (χ4n) is 3.55. The number of para-hydroxylation sites is 2. The van der Waals surface area contributed by atoms with Crippen molar-refractivity contribution in [1.29, 1.82) is 0 Å². The summed E-state index contributed by atoms with van der Waals surface area (Å²) in [4.78, 5) is 29.0. The van der Waals surface area contributed by atoms with E-state index in [9.17, 15) is 9.59 Å². The topological polar surface area (TPSA) is 82.5 Å². The van der Waals surface area contributed by atoms with Crippen LogP contribution in [0.4, 0.5) is 5.69 Å². The number of amides is 2. The molecule has 1 aliphatic heterocycles. The summed E-state index contributed by atoms with van der Waals surface area (Å²) in [6.45, 7) is 4.36. The van der Waals surface area contributed by atoms with Gasteiger partial charge in [0.25, 0.3) is 5.91 Å². The van der Waals surface area contributed by atoms with Gasteiger partial charge in [-0.15, -0.1) is 0 Å². The third kappa shape index (κ3) is 5.49. The highest BCUT2D eigenvalue weighted by molar-refractivity contribution is 5.95. The molecule has 160 valence electrons. The van der Waals surface area contributed by atoms with Crippen molar-refractivity contribution in [2.75, 3.05) is 37.6 Å².